The Kier molecular flexibility index (Phi) is 8.49. The first-order chi connectivity index (χ1) is 31.0. The zero-order valence-electron chi connectivity index (χ0n) is 35.5. The first-order valence-electron chi connectivity index (χ1n) is 22.1. The van der Waals surface area contributed by atoms with E-state index in [1.54, 1.807) is 0 Å². The molecule has 0 amide bonds. The molecule has 2 aliphatic rings. The molecule has 10 aromatic carbocycles. The van der Waals surface area contributed by atoms with Gasteiger partial charge in [0.1, 0.15) is 0 Å². The summed E-state index contributed by atoms with van der Waals surface area (Å²) in [7, 11) is 0. The Bertz CT molecular complexity index is 3310. The van der Waals surface area contributed by atoms with Gasteiger partial charge in [0.05, 0.1) is 5.41 Å². The van der Waals surface area contributed by atoms with Gasteiger partial charge in [-0.25, -0.2) is 0 Å². The van der Waals surface area contributed by atoms with Crippen LogP contribution in [0, 0.1) is 0 Å². The first-order valence-corrected chi connectivity index (χ1v) is 22.1. The molecule has 0 bridgehead atoms. The average Bonchev–Trinajstić information content (AvgIpc) is 3.76. The van der Waals surface area contributed by atoms with E-state index in [1.165, 1.54) is 88.7 Å². The lowest BCUT2D eigenvalue weighted by Crippen LogP contribution is -2.28. The molecule has 0 spiro atoms. The van der Waals surface area contributed by atoms with Gasteiger partial charge in [-0.3, -0.25) is 0 Å². The van der Waals surface area contributed by atoms with E-state index in [0.717, 1.165) is 17.1 Å². The minimum Gasteiger partial charge on any atom is -0.310 e. The predicted molar refractivity (Wildman–Crippen MR) is 264 cm³/mol. The van der Waals surface area contributed by atoms with Crippen LogP contribution < -0.4 is 4.90 Å². The highest BCUT2D eigenvalue weighted by Crippen LogP contribution is 2.58. The molecule has 0 fully saturated rings. The molecular weight excluding hydrogens is 759 g/mol. The summed E-state index contributed by atoms with van der Waals surface area (Å²) in [6.45, 7) is 4.75. The molecule has 12 rings (SSSR count). The van der Waals surface area contributed by atoms with Gasteiger partial charge in [0, 0.05) is 22.5 Å². The fourth-order valence-electron chi connectivity index (χ4n) is 10.9. The number of benzene rings is 10. The fraction of sp³-hybridized carbons (Fsp3) is 0.0645. The topological polar surface area (TPSA) is 3.24 Å². The van der Waals surface area contributed by atoms with Gasteiger partial charge in [0.15, 0.2) is 0 Å². The third kappa shape index (κ3) is 5.77. The highest BCUT2D eigenvalue weighted by Gasteiger charge is 2.46. The van der Waals surface area contributed by atoms with Crippen molar-refractivity contribution in [3.63, 3.8) is 0 Å². The lowest BCUT2D eigenvalue weighted by Gasteiger charge is -2.35. The van der Waals surface area contributed by atoms with Gasteiger partial charge in [-0.05, 0) is 143 Å². The fourth-order valence-corrected chi connectivity index (χ4v) is 10.9. The Labute approximate surface area is 370 Å². The van der Waals surface area contributed by atoms with E-state index in [-0.39, 0.29) is 5.41 Å². The van der Waals surface area contributed by atoms with Crippen molar-refractivity contribution < 1.29 is 0 Å². The molecule has 0 radical (unpaired) electrons. The summed E-state index contributed by atoms with van der Waals surface area (Å²) in [6, 6.07) is 87.8. The lowest BCUT2D eigenvalue weighted by atomic mass is 9.67. The maximum atomic E-state index is 2.48. The van der Waals surface area contributed by atoms with Crippen molar-refractivity contribution in [1.82, 2.24) is 0 Å². The molecule has 0 saturated carbocycles. The van der Waals surface area contributed by atoms with E-state index in [4.69, 9.17) is 0 Å². The summed E-state index contributed by atoms with van der Waals surface area (Å²) in [4.78, 5) is 2.47. The standard InChI is InChI=1S/C62H45N/c1-61(2)57-36-34-51(40-56(57)55-38-46-19-12-13-20-47(46)39-59(55)61)63(50-31-29-43(30-32-50)45-22-16-21-44(37-45)42-17-6-3-7-18-42)52-33-35-54-53-27-14-15-28-58(53)62(60(54)41-52,48-23-8-4-9-24-48)49-25-10-5-11-26-49/h3-41H,1-2H3. The number of hydrogen-bond acceptors (Lipinski definition) is 1. The second-order valence-electron chi connectivity index (χ2n) is 17.7. The molecule has 0 heterocycles. The summed E-state index contributed by atoms with van der Waals surface area (Å²) in [5, 5.41) is 2.55. The van der Waals surface area contributed by atoms with Crippen molar-refractivity contribution in [1.29, 1.82) is 0 Å². The summed E-state index contributed by atoms with van der Waals surface area (Å²) < 4.78 is 0. The van der Waals surface area contributed by atoms with Crippen LogP contribution in [-0.2, 0) is 10.8 Å². The summed E-state index contributed by atoms with van der Waals surface area (Å²) in [5.41, 5.74) is 20.6. The maximum absolute atomic E-state index is 2.48. The Morgan fingerprint density at radius 3 is 1.49 bits per heavy atom. The van der Waals surface area contributed by atoms with E-state index < -0.39 is 5.41 Å². The third-order valence-electron chi connectivity index (χ3n) is 13.9. The van der Waals surface area contributed by atoms with Crippen molar-refractivity contribution >= 4 is 27.8 Å². The summed E-state index contributed by atoms with van der Waals surface area (Å²) in [6.07, 6.45) is 0. The highest BCUT2D eigenvalue weighted by molar-refractivity contribution is 5.96. The van der Waals surface area contributed by atoms with Crippen molar-refractivity contribution in [2.45, 2.75) is 24.7 Å². The van der Waals surface area contributed by atoms with E-state index in [2.05, 4.69) is 255 Å². The van der Waals surface area contributed by atoms with Gasteiger partial charge >= 0.3 is 0 Å². The van der Waals surface area contributed by atoms with E-state index in [9.17, 15) is 0 Å². The quantitative estimate of drug-likeness (QED) is 0.155. The molecule has 0 aromatic heterocycles. The molecule has 1 heteroatoms. The van der Waals surface area contributed by atoms with Gasteiger partial charge in [-0.2, -0.15) is 0 Å². The van der Waals surface area contributed by atoms with Crippen LogP contribution >= 0.6 is 0 Å². The molecule has 2 aliphatic carbocycles. The molecule has 298 valence electrons. The minimum atomic E-state index is -0.508. The lowest BCUT2D eigenvalue weighted by molar-refractivity contribution is 0.661. The molecule has 0 saturated heterocycles. The zero-order valence-corrected chi connectivity index (χ0v) is 35.5. The van der Waals surface area contributed by atoms with Crippen LogP contribution in [0.1, 0.15) is 47.2 Å². The van der Waals surface area contributed by atoms with Gasteiger partial charge < -0.3 is 4.90 Å². The SMILES string of the molecule is CC1(C)c2ccc(N(c3ccc(-c4cccc(-c5ccccc5)c4)cc3)c3ccc4c(c3)C(c3ccccc3)(c3ccccc3)c3ccccc3-4)cc2-c2cc3ccccc3cc21. The monoisotopic (exact) mass is 803 g/mol. The molecule has 0 unspecified atom stereocenters. The smallest absolute Gasteiger partial charge is 0.0714 e. The van der Waals surface area contributed by atoms with E-state index >= 15 is 0 Å². The van der Waals surface area contributed by atoms with Gasteiger partial charge in [0.2, 0.25) is 0 Å². The number of rotatable bonds is 7. The predicted octanol–water partition coefficient (Wildman–Crippen LogP) is 16.3. The number of nitrogens with zero attached hydrogens (tertiary/aromatic N) is 1. The van der Waals surface area contributed by atoms with Gasteiger partial charge in [-0.15, -0.1) is 0 Å². The number of fused-ring (bicyclic) bond motifs is 7. The molecule has 10 aromatic rings. The first kappa shape index (κ1) is 37.1. The van der Waals surface area contributed by atoms with Crippen LogP contribution in [0.2, 0.25) is 0 Å². The van der Waals surface area contributed by atoms with Crippen molar-refractivity contribution in [3.8, 4) is 44.5 Å². The van der Waals surface area contributed by atoms with Gasteiger partial charge in [0.25, 0.3) is 0 Å². The van der Waals surface area contributed by atoms with E-state index in [1.807, 2.05) is 0 Å². The van der Waals surface area contributed by atoms with E-state index in [0.29, 0.717) is 0 Å². The molecule has 0 N–H and O–H groups in total. The van der Waals surface area contributed by atoms with Crippen LogP contribution in [0.15, 0.2) is 237 Å². The Morgan fingerprint density at radius 1 is 0.286 bits per heavy atom. The highest BCUT2D eigenvalue weighted by atomic mass is 15.1. The van der Waals surface area contributed by atoms with Crippen LogP contribution in [-0.4, -0.2) is 0 Å². The summed E-state index contributed by atoms with van der Waals surface area (Å²) >= 11 is 0. The summed E-state index contributed by atoms with van der Waals surface area (Å²) in [5.74, 6) is 0. The zero-order chi connectivity index (χ0) is 42.1. The van der Waals surface area contributed by atoms with Crippen molar-refractivity contribution in [2.75, 3.05) is 4.90 Å². The molecule has 63 heavy (non-hydrogen) atoms. The van der Waals surface area contributed by atoms with Gasteiger partial charge in [-0.1, -0.05) is 196 Å². The number of hydrogen-bond donors (Lipinski definition) is 0. The molecule has 1 nitrogen and oxygen atoms in total. The largest absolute Gasteiger partial charge is 0.310 e. The third-order valence-corrected chi connectivity index (χ3v) is 13.9. The maximum Gasteiger partial charge on any atom is 0.0714 e. The van der Waals surface area contributed by atoms with Crippen LogP contribution in [0.4, 0.5) is 17.1 Å². The number of anilines is 3. The minimum absolute atomic E-state index is 0.127. The van der Waals surface area contributed by atoms with Crippen molar-refractivity contribution in [3.05, 3.63) is 270 Å². The molecule has 0 aliphatic heterocycles. The Morgan fingerprint density at radius 2 is 0.794 bits per heavy atom. The average molecular weight is 804 g/mol. The molecular formula is C62H45N. The second kappa shape index (κ2) is 14.4. The van der Waals surface area contributed by atoms with Crippen LogP contribution in [0.3, 0.4) is 0 Å². The molecule has 0 atom stereocenters. The van der Waals surface area contributed by atoms with Crippen LogP contribution in [0.25, 0.3) is 55.3 Å². The normalized spacial score (nSPS) is 13.8. The Balaban J connectivity index is 1.07. The Hall–Kier alpha value is -7.74. The second-order valence-corrected chi connectivity index (χ2v) is 17.7. The van der Waals surface area contributed by atoms with Crippen LogP contribution in [0.5, 0.6) is 0 Å². The van der Waals surface area contributed by atoms with Crippen molar-refractivity contribution in [2.24, 2.45) is 0 Å².